The molecule has 2 saturated carbocycles. The molecule has 1 aromatic heterocycles. The first-order valence-corrected chi connectivity index (χ1v) is 21.1. The number of carbonyl (C=O) groups is 4. The summed E-state index contributed by atoms with van der Waals surface area (Å²) in [4.78, 5) is 66.1. The molecular formula is C40H49F2N5O8S. The largest absolute Gasteiger partial charge is 0.471 e. The first-order valence-electron chi connectivity index (χ1n) is 19.6. The quantitative estimate of drug-likeness (QED) is 0.371. The van der Waals surface area contributed by atoms with Crippen molar-refractivity contribution < 1.29 is 45.9 Å². The van der Waals surface area contributed by atoms with E-state index in [9.17, 15) is 27.6 Å². The summed E-state index contributed by atoms with van der Waals surface area (Å²) in [5.41, 5.74) is -2.14. The first kappa shape index (κ1) is 39.8. The molecule has 0 unspecified atom stereocenters. The van der Waals surface area contributed by atoms with Gasteiger partial charge in [0.15, 0.2) is 11.5 Å². The molecule has 1 aromatic carbocycles. The fourth-order valence-corrected chi connectivity index (χ4v) is 9.32. The van der Waals surface area contributed by atoms with E-state index in [-0.39, 0.29) is 50.8 Å². The number of nitrogens with zero attached hydrogens (tertiary/aromatic N) is 3. The number of fused-ring (bicyclic) bond motifs is 5. The van der Waals surface area contributed by atoms with E-state index in [0.29, 0.717) is 44.0 Å². The SMILES string of the molecule is CC1(C)CC/C=C/C(F)(F)c2nc3ccccc3nc2O[C@@H]2C[C@H]3C(=O)C[C@]4(C(=O)NS(=O)(=O)C5CC5)C[C@@H]4/C=C\CCCCC[C@H](NC(=O)OC1)C(=O)N3C2. The Bertz CT molecular complexity index is 2050. The van der Waals surface area contributed by atoms with Crippen molar-refractivity contribution >= 4 is 44.7 Å². The maximum absolute atomic E-state index is 16.1. The second-order valence-electron chi connectivity index (χ2n) is 16.7. The number of Topliss-reactive ketones (excluding diaryl/α,β-unsaturated/α-hetero) is 1. The topological polar surface area (TPSA) is 174 Å². The molecule has 7 rings (SSSR count). The second-order valence-corrected chi connectivity index (χ2v) is 18.7. The average molecular weight is 798 g/mol. The molecule has 0 spiro atoms. The molecule has 1 saturated heterocycles. The van der Waals surface area contributed by atoms with E-state index < -0.39 is 91.4 Å². The lowest BCUT2D eigenvalue weighted by atomic mass is 9.89. The number of amides is 3. The van der Waals surface area contributed by atoms with Gasteiger partial charge in [-0.05, 0) is 80.9 Å². The highest BCUT2D eigenvalue weighted by Crippen LogP contribution is 2.57. The third-order valence-electron chi connectivity index (χ3n) is 11.6. The van der Waals surface area contributed by atoms with Crippen LogP contribution in [0.25, 0.3) is 11.0 Å². The Morgan fingerprint density at radius 3 is 2.50 bits per heavy atom. The van der Waals surface area contributed by atoms with E-state index in [1.54, 1.807) is 24.3 Å². The van der Waals surface area contributed by atoms with Crippen LogP contribution >= 0.6 is 0 Å². The van der Waals surface area contributed by atoms with E-state index in [1.165, 1.54) is 11.0 Å². The van der Waals surface area contributed by atoms with Gasteiger partial charge in [-0.1, -0.05) is 57.0 Å². The number of ether oxygens (including phenoxy) is 2. The Balaban J connectivity index is 1.26. The Labute approximate surface area is 325 Å². The first-order chi connectivity index (χ1) is 26.6. The van der Waals surface area contributed by atoms with Crippen LogP contribution in [0.3, 0.4) is 0 Å². The fourth-order valence-electron chi connectivity index (χ4n) is 7.93. The molecule has 2 N–H and O–H groups in total. The van der Waals surface area contributed by atoms with Gasteiger partial charge in [0.05, 0.1) is 40.9 Å². The van der Waals surface area contributed by atoms with Crippen LogP contribution in [0.4, 0.5) is 13.6 Å². The maximum atomic E-state index is 16.1. The third-order valence-corrected chi connectivity index (χ3v) is 13.4. The van der Waals surface area contributed by atoms with Crippen LogP contribution in [0.15, 0.2) is 48.6 Å². The van der Waals surface area contributed by atoms with Crippen LogP contribution in [0, 0.1) is 16.7 Å². The zero-order chi connectivity index (χ0) is 39.9. The molecule has 2 aromatic rings. The lowest BCUT2D eigenvalue weighted by Gasteiger charge is -2.30. The van der Waals surface area contributed by atoms with Crippen molar-refractivity contribution in [2.45, 2.75) is 120 Å². The number of halogens is 2. The smallest absolute Gasteiger partial charge is 0.407 e. The highest BCUT2D eigenvalue weighted by molar-refractivity contribution is 7.90. The summed E-state index contributed by atoms with van der Waals surface area (Å²) < 4.78 is 71.9. The van der Waals surface area contributed by atoms with Gasteiger partial charge < -0.3 is 19.7 Å². The van der Waals surface area contributed by atoms with Crippen molar-refractivity contribution in [2.24, 2.45) is 16.7 Å². The molecule has 4 heterocycles. The van der Waals surface area contributed by atoms with Crippen molar-refractivity contribution in [2.75, 3.05) is 13.2 Å². The summed E-state index contributed by atoms with van der Waals surface area (Å²) in [6, 6.07) is 4.25. The zero-order valence-electron chi connectivity index (χ0n) is 31.7. The number of cyclic esters (lactones) is 1. The average Bonchev–Trinajstić information content (AvgIpc) is 4.07. The number of para-hydroxylation sites is 2. The van der Waals surface area contributed by atoms with E-state index >= 15 is 8.78 Å². The van der Waals surface area contributed by atoms with Crippen LogP contribution in [-0.2, 0) is 35.1 Å². The summed E-state index contributed by atoms with van der Waals surface area (Å²) in [5.74, 6) is -6.31. The summed E-state index contributed by atoms with van der Waals surface area (Å²) in [6.07, 6.45) is 8.32. The molecule has 5 aliphatic rings. The van der Waals surface area contributed by atoms with Crippen LogP contribution in [0.2, 0.25) is 0 Å². The minimum Gasteiger partial charge on any atom is -0.471 e. The summed E-state index contributed by atoms with van der Waals surface area (Å²) in [6.45, 7) is 3.42. The lowest BCUT2D eigenvalue weighted by Crippen LogP contribution is -2.52. The van der Waals surface area contributed by atoms with Crippen LogP contribution in [0.1, 0.15) is 96.6 Å². The van der Waals surface area contributed by atoms with Gasteiger partial charge in [0.25, 0.3) is 0 Å². The predicted octanol–water partition coefficient (Wildman–Crippen LogP) is 5.64. The molecule has 3 aliphatic heterocycles. The number of benzene rings is 1. The number of alkyl carbamates (subject to hydrolysis) is 1. The van der Waals surface area contributed by atoms with Gasteiger partial charge >= 0.3 is 12.0 Å². The number of allylic oxidation sites excluding steroid dienone is 4. The fraction of sp³-hybridized carbons (Fsp3) is 0.600. The zero-order valence-corrected chi connectivity index (χ0v) is 32.5. The molecule has 13 nitrogen and oxygen atoms in total. The van der Waals surface area contributed by atoms with Crippen LogP contribution in [0.5, 0.6) is 5.88 Å². The molecule has 3 fully saturated rings. The minimum absolute atomic E-state index is 0.0425. The Kier molecular flexibility index (Phi) is 11.0. The number of alkyl halides is 2. The summed E-state index contributed by atoms with van der Waals surface area (Å²) >= 11 is 0. The number of aromatic nitrogens is 2. The molecule has 5 atom stereocenters. The number of hydrogen-bond donors (Lipinski definition) is 2. The molecule has 3 amide bonds. The molecule has 0 radical (unpaired) electrons. The summed E-state index contributed by atoms with van der Waals surface area (Å²) in [7, 11) is -3.92. The Hall–Kier alpha value is -4.47. The highest BCUT2D eigenvalue weighted by Gasteiger charge is 2.61. The van der Waals surface area contributed by atoms with Gasteiger partial charge in [-0.2, -0.15) is 8.78 Å². The van der Waals surface area contributed by atoms with E-state index in [2.05, 4.69) is 20.0 Å². The normalized spacial score (nSPS) is 31.1. The number of nitrogens with one attached hydrogen (secondary N) is 2. The van der Waals surface area contributed by atoms with Crippen molar-refractivity contribution in [3.8, 4) is 5.88 Å². The second kappa shape index (κ2) is 15.5. The van der Waals surface area contributed by atoms with Gasteiger partial charge in [-0.25, -0.2) is 23.2 Å². The molecular weight excluding hydrogens is 749 g/mol. The number of rotatable bonds is 3. The molecule has 2 aliphatic carbocycles. The van der Waals surface area contributed by atoms with Crippen molar-refractivity contribution in [3.63, 3.8) is 0 Å². The number of hydrogen-bond acceptors (Lipinski definition) is 10. The Morgan fingerprint density at radius 2 is 1.75 bits per heavy atom. The van der Waals surface area contributed by atoms with Crippen molar-refractivity contribution in [3.05, 3.63) is 54.3 Å². The molecule has 16 heteroatoms. The summed E-state index contributed by atoms with van der Waals surface area (Å²) in [5, 5.41) is 2.08. The lowest BCUT2D eigenvalue weighted by molar-refractivity contribution is -0.140. The van der Waals surface area contributed by atoms with Gasteiger partial charge in [-0.3, -0.25) is 19.1 Å². The van der Waals surface area contributed by atoms with E-state index in [1.807, 2.05) is 26.0 Å². The van der Waals surface area contributed by atoms with Gasteiger partial charge in [0.2, 0.25) is 27.7 Å². The van der Waals surface area contributed by atoms with Crippen molar-refractivity contribution in [1.29, 1.82) is 0 Å². The van der Waals surface area contributed by atoms with Gasteiger partial charge in [-0.15, -0.1) is 0 Å². The van der Waals surface area contributed by atoms with Gasteiger partial charge in [0, 0.05) is 12.8 Å². The number of ketones is 1. The number of sulfonamides is 1. The molecule has 3 bridgehead atoms. The van der Waals surface area contributed by atoms with Gasteiger partial charge in [0.1, 0.15) is 12.1 Å². The number of carbonyl (C=O) groups excluding carboxylic acids is 4. The third kappa shape index (κ3) is 8.74. The van der Waals surface area contributed by atoms with Crippen LogP contribution in [-0.4, -0.2) is 83.6 Å². The van der Waals surface area contributed by atoms with Crippen LogP contribution < -0.4 is 14.8 Å². The minimum atomic E-state index is -3.92. The van der Waals surface area contributed by atoms with Crippen molar-refractivity contribution in [1.82, 2.24) is 24.9 Å². The molecule has 56 heavy (non-hydrogen) atoms. The van der Waals surface area contributed by atoms with E-state index in [0.717, 1.165) is 12.5 Å². The Morgan fingerprint density at radius 1 is 1.00 bits per heavy atom. The molecule has 302 valence electrons. The standard InChI is InChI=1S/C40H49F2N5O8S/c1-38(2)18-10-11-19-40(41,42)33-34(44-29-14-9-8-13-28(29)43-33)55-26-20-31-32(48)22-39(36(50)46-56(52,53)27-16-17-27)21-25(39)12-6-4-3-5-7-15-30(35(49)47(31)23-26)45-37(51)54-24-38/h6,8-9,11-14,19,25-27,30-31H,3-5,7,10,15-18,20-24H2,1-2H3,(H,45,51)(H,46,50)/b12-6-,19-11+/t25-,26+,30-,31-,39+/m0/s1. The highest BCUT2D eigenvalue weighted by atomic mass is 32.2. The van der Waals surface area contributed by atoms with E-state index in [4.69, 9.17) is 9.47 Å². The maximum Gasteiger partial charge on any atom is 0.407 e. The predicted molar refractivity (Wildman–Crippen MR) is 201 cm³/mol. The monoisotopic (exact) mass is 797 g/mol.